The van der Waals surface area contributed by atoms with E-state index in [2.05, 4.69) is 61.2 Å². The summed E-state index contributed by atoms with van der Waals surface area (Å²) < 4.78 is 0. The number of nitrogens with zero attached hydrogens (tertiary/aromatic N) is 6. The normalized spacial score (nSPS) is 19.8. The lowest BCUT2D eigenvalue weighted by molar-refractivity contribution is -0.144. The molecule has 51 heavy (non-hydrogen) atoms. The number of pyridine rings is 2. The minimum atomic E-state index is -0.652. The Bertz CT molecular complexity index is 2150. The molecule has 3 unspecified atom stereocenters. The van der Waals surface area contributed by atoms with Gasteiger partial charge in [-0.2, -0.15) is 0 Å². The molecule has 3 atom stereocenters. The molecule has 1 aliphatic carbocycles. The summed E-state index contributed by atoms with van der Waals surface area (Å²) in [5.41, 5.74) is 9.07. The van der Waals surface area contributed by atoms with Gasteiger partial charge in [0.1, 0.15) is 5.01 Å². The van der Waals surface area contributed by atoms with Crippen molar-refractivity contribution in [1.29, 1.82) is 0 Å². The van der Waals surface area contributed by atoms with Gasteiger partial charge in [-0.1, -0.05) is 54.9 Å². The molecule has 9 nitrogen and oxygen atoms in total. The van der Waals surface area contributed by atoms with E-state index in [0.717, 1.165) is 98.0 Å². The number of carbonyl (C=O) groups is 2. The molecule has 1 amide bonds. The molecule has 262 valence electrons. The van der Waals surface area contributed by atoms with E-state index in [4.69, 9.17) is 26.6 Å². The van der Waals surface area contributed by atoms with Crippen molar-refractivity contribution in [2.24, 2.45) is 11.8 Å². The van der Waals surface area contributed by atoms with Crippen LogP contribution in [0.5, 0.6) is 0 Å². The first-order valence-electron chi connectivity index (χ1n) is 17.7. The summed E-state index contributed by atoms with van der Waals surface area (Å²) >= 11 is 8.88. The number of amides is 1. The van der Waals surface area contributed by atoms with Gasteiger partial charge >= 0.3 is 5.97 Å². The van der Waals surface area contributed by atoms with Crippen molar-refractivity contribution in [2.45, 2.75) is 58.8 Å². The molecule has 2 bridgehead atoms. The van der Waals surface area contributed by atoms with Crippen molar-refractivity contribution >= 4 is 45.7 Å². The second kappa shape index (κ2) is 13.7. The van der Waals surface area contributed by atoms with Crippen molar-refractivity contribution in [3.05, 3.63) is 98.9 Å². The number of piperidine rings is 1. The number of carbonyl (C=O) groups excluding carboxylic acids is 1. The lowest BCUT2D eigenvalue weighted by atomic mass is 9.94. The molecule has 2 fully saturated rings. The van der Waals surface area contributed by atoms with Crippen molar-refractivity contribution in [1.82, 2.24) is 29.7 Å². The Morgan fingerprint density at radius 2 is 1.86 bits per heavy atom. The van der Waals surface area contributed by atoms with Crippen LogP contribution in [-0.4, -0.2) is 79.4 Å². The maximum atomic E-state index is 12.8. The number of benzene rings is 2. The predicted molar refractivity (Wildman–Crippen MR) is 201 cm³/mol. The van der Waals surface area contributed by atoms with Crippen LogP contribution in [0.3, 0.4) is 0 Å². The Morgan fingerprint density at radius 3 is 2.63 bits per heavy atom. The summed E-state index contributed by atoms with van der Waals surface area (Å²) in [6.07, 6.45) is 6.04. The molecule has 11 heteroatoms. The van der Waals surface area contributed by atoms with Gasteiger partial charge in [-0.3, -0.25) is 29.4 Å². The Morgan fingerprint density at radius 1 is 1.06 bits per heavy atom. The molecule has 8 rings (SSSR count). The van der Waals surface area contributed by atoms with Gasteiger partial charge in [0.25, 0.3) is 0 Å². The number of likely N-dealkylation sites (tertiary alicyclic amines) is 1. The van der Waals surface area contributed by atoms with Gasteiger partial charge in [-0.15, -0.1) is 11.3 Å². The predicted octanol–water partition coefficient (Wildman–Crippen LogP) is 7.06. The molecule has 1 saturated heterocycles. The highest BCUT2D eigenvalue weighted by molar-refractivity contribution is 7.15. The number of hydrogen-bond acceptors (Lipinski definition) is 8. The summed E-state index contributed by atoms with van der Waals surface area (Å²) in [5.74, 6) is -0.462. The third kappa shape index (κ3) is 6.43. The zero-order valence-electron chi connectivity index (χ0n) is 29.1. The van der Waals surface area contributed by atoms with E-state index in [-0.39, 0.29) is 17.7 Å². The zero-order valence-corrected chi connectivity index (χ0v) is 30.7. The monoisotopic (exact) mass is 720 g/mol. The highest BCUT2D eigenvalue weighted by atomic mass is 35.5. The maximum Gasteiger partial charge on any atom is 0.306 e. The van der Waals surface area contributed by atoms with Crippen LogP contribution < -0.4 is 0 Å². The van der Waals surface area contributed by atoms with Crippen LogP contribution in [0.15, 0.2) is 60.9 Å². The zero-order chi connectivity index (χ0) is 35.4. The number of thiazole rings is 1. The van der Waals surface area contributed by atoms with E-state index in [0.29, 0.717) is 37.1 Å². The molecule has 2 aromatic carbocycles. The molecule has 0 radical (unpaired) electrons. The number of rotatable bonds is 10. The van der Waals surface area contributed by atoms with E-state index in [1.165, 1.54) is 0 Å². The third-order valence-electron chi connectivity index (χ3n) is 11.1. The highest BCUT2D eigenvalue weighted by Crippen LogP contribution is 2.43. The van der Waals surface area contributed by atoms with Crippen LogP contribution in [0.25, 0.3) is 32.6 Å². The van der Waals surface area contributed by atoms with Crippen LogP contribution in [0.4, 0.5) is 0 Å². The topological polar surface area (TPSA) is 103 Å². The van der Waals surface area contributed by atoms with Gasteiger partial charge in [0.2, 0.25) is 5.91 Å². The highest BCUT2D eigenvalue weighted by Gasteiger charge is 2.47. The average Bonchev–Trinajstić information content (AvgIpc) is 3.91. The number of carboxylic acid groups (broad SMARTS) is 1. The molecule has 5 aromatic rings. The first kappa shape index (κ1) is 33.9. The first-order valence-corrected chi connectivity index (χ1v) is 18.9. The van der Waals surface area contributed by atoms with E-state index >= 15 is 0 Å². The minimum absolute atomic E-state index is 0.140. The van der Waals surface area contributed by atoms with Gasteiger partial charge < -0.3 is 10.0 Å². The van der Waals surface area contributed by atoms with E-state index in [1.807, 2.05) is 35.3 Å². The number of likely N-dealkylation sites (N-methyl/N-ethyl adjacent to an activating group) is 1. The van der Waals surface area contributed by atoms with E-state index < -0.39 is 5.97 Å². The number of aromatic nitrogens is 3. The number of halogens is 1. The molecule has 0 spiro atoms. The summed E-state index contributed by atoms with van der Waals surface area (Å²) in [6.45, 7) is 8.23. The number of carboxylic acids is 1. The molecule has 2 aliphatic heterocycles. The minimum Gasteiger partial charge on any atom is -0.481 e. The summed E-state index contributed by atoms with van der Waals surface area (Å²) in [7, 11) is 1.96. The van der Waals surface area contributed by atoms with Crippen molar-refractivity contribution in [2.75, 3.05) is 26.7 Å². The van der Waals surface area contributed by atoms with Crippen molar-refractivity contribution in [3.63, 3.8) is 0 Å². The van der Waals surface area contributed by atoms with Gasteiger partial charge in [0.05, 0.1) is 47.5 Å². The standard InChI is InChI=1S/C40H41ClN6O3S/c1-4-45(3)22-36(48)47-20-34-35(21-47)51-39(44-34)30-9-6-8-29(23(30)2)31-10-5-7-25(37(31)41)15-33-38-26(11-12-42-33)13-24(17-43-38)18-46-19-27-14-28(46)16-32(27)40(49)50/h5-13,17,27-28,32H,4,14-16,18-22H2,1-3H3,(H,49,50). The number of aliphatic carboxylic acids is 1. The molecular weight excluding hydrogens is 680 g/mol. The summed E-state index contributed by atoms with van der Waals surface area (Å²) in [4.78, 5) is 46.5. The quantitative estimate of drug-likeness (QED) is 0.164. The van der Waals surface area contributed by atoms with Crippen LogP contribution in [0.2, 0.25) is 5.02 Å². The van der Waals surface area contributed by atoms with Crippen LogP contribution in [-0.2, 0) is 35.6 Å². The second-order valence-electron chi connectivity index (χ2n) is 14.3. The number of fused-ring (bicyclic) bond motifs is 4. The number of hydrogen-bond donors (Lipinski definition) is 1. The maximum absolute atomic E-state index is 12.8. The molecule has 3 aliphatic rings. The van der Waals surface area contributed by atoms with E-state index in [1.54, 1.807) is 11.3 Å². The Balaban J connectivity index is 1.000. The Kier molecular flexibility index (Phi) is 9.12. The van der Waals surface area contributed by atoms with Crippen molar-refractivity contribution < 1.29 is 14.7 Å². The second-order valence-corrected chi connectivity index (χ2v) is 15.8. The van der Waals surface area contributed by atoms with Gasteiger partial charge in [-0.05, 0) is 73.7 Å². The molecular formula is C40H41ClN6O3S. The molecule has 3 aromatic heterocycles. The van der Waals surface area contributed by atoms with Crippen LogP contribution in [0, 0.1) is 18.8 Å². The van der Waals surface area contributed by atoms with Gasteiger partial charge in [0, 0.05) is 59.3 Å². The molecule has 1 saturated carbocycles. The third-order valence-corrected chi connectivity index (χ3v) is 12.7. The van der Waals surface area contributed by atoms with Crippen LogP contribution >= 0.6 is 22.9 Å². The fourth-order valence-corrected chi connectivity index (χ4v) is 9.66. The largest absolute Gasteiger partial charge is 0.481 e. The lowest BCUT2D eigenvalue weighted by Crippen LogP contribution is -2.37. The van der Waals surface area contributed by atoms with Crippen LogP contribution in [0.1, 0.15) is 52.7 Å². The first-order chi connectivity index (χ1) is 24.7. The molecule has 5 heterocycles. The summed E-state index contributed by atoms with van der Waals surface area (Å²) in [5, 5.41) is 12.2. The Hall–Kier alpha value is -4.22. The smallest absolute Gasteiger partial charge is 0.306 e. The fourth-order valence-electron chi connectivity index (χ4n) is 8.19. The Labute approximate surface area is 306 Å². The molecule has 1 N–H and O–H groups in total. The average molecular weight is 721 g/mol. The fraction of sp³-hybridized carbons (Fsp3) is 0.375. The van der Waals surface area contributed by atoms with E-state index in [9.17, 15) is 14.7 Å². The lowest BCUT2D eigenvalue weighted by Gasteiger charge is -2.29. The van der Waals surface area contributed by atoms with Gasteiger partial charge in [-0.25, -0.2) is 4.98 Å². The summed E-state index contributed by atoms with van der Waals surface area (Å²) in [6, 6.07) is 17.0. The van der Waals surface area contributed by atoms with Crippen molar-refractivity contribution in [3.8, 4) is 21.7 Å². The SMILES string of the molecule is CCN(C)CC(=O)N1Cc2nc(-c3cccc(-c4cccc(Cc5nccc6cc(CN7CC8CC7CC8C(=O)O)cnc56)c4Cl)c3C)sc2C1. The van der Waals surface area contributed by atoms with Gasteiger partial charge in [0.15, 0.2) is 0 Å².